The standard InChI is InChI=1S/C15H17FN2OS2/c1-9(17-13(19)8-20-3)14-10(2)18-15(21-14)11-6-4-5-7-12(11)16/h4-7,9H,8H2,1-3H3,(H,17,19). The molecule has 1 aromatic heterocycles. The third-order valence-corrected chi connectivity index (χ3v) is 4.91. The molecular formula is C15H17FN2OS2. The fourth-order valence-electron chi connectivity index (χ4n) is 2.04. The first-order valence-corrected chi connectivity index (χ1v) is 8.74. The monoisotopic (exact) mass is 324 g/mol. The van der Waals surface area contributed by atoms with Crippen molar-refractivity contribution in [2.45, 2.75) is 19.9 Å². The Labute approximate surface area is 132 Å². The van der Waals surface area contributed by atoms with Crippen molar-refractivity contribution in [2.75, 3.05) is 12.0 Å². The van der Waals surface area contributed by atoms with Gasteiger partial charge in [0.2, 0.25) is 5.91 Å². The summed E-state index contributed by atoms with van der Waals surface area (Å²) in [6.45, 7) is 3.80. The molecule has 6 heteroatoms. The summed E-state index contributed by atoms with van der Waals surface area (Å²) >= 11 is 2.90. The molecule has 0 saturated heterocycles. The van der Waals surface area contributed by atoms with Gasteiger partial charge < -0.3 is 5.32 Å². The van der Waals surface area contributed by atoms with Crippen LogP contribution in [0.3, 0.4) is 0 Å². The molecule has 0 aliphatic heterocycles. The van der Waals surface area contributed by atoms with Crippen LogP contribution in [0.2, 0.25) is 0 Å². The fraction of sp³-hybridized carbons (Fsp3) is 0.333. The molecule has 1 N–H and O–H groups in total. The van der Waals surface area contributed by atoms with E-state index in [0.717, 1.165) is 10.6 Å². The van der Waals surface area contributed by atoms with Gasteiger partial charge in [0.15, 0.2) is 0 Å². The van der Waals surface area contributed by atoms with Crippen molar-refractivity contribution >= 4 is 29.0 Å². The molecule has 0 spiro atoms. The number of aryl methyl sites for hydroxylation is 1. The second kappa shape index (κ2) is 7.04. The molecule has 2 rings (SSSR count). The van der Waals surface area contributed by atoms with E-state index >= 15 is 0 Å². The number of aromatic nitrogens is 1. The van der Waals surface area contributed by atoms with Crippen LogP contribution in [0, 0.1) is 12.7 Å². The van der Waals surface area contributed by atoms with Crippen LogP contribution in [-0.2, 0) is 4.79 Å². The maximum Gasteiger partial charge on any atom is 0.230 e. The number of thiazole rings is 1. The van der Waals surface area contributed by atoms with Gasteiger partial charge in [0.25, 0.3) is 0 Å². The molecule has 1 heterocycles. The van der Waals surface area contributed by atoms with E-state index in [9.17, 15) is 9.18 Å². The van der Waals surface area contributed by atoms with E-state index in [0.29, 0.717) is 16.3 Å². The summed E-state index contributed by atoms with van der Waals surface area (Å²) in [5.74, 6) is 0.148. The highest BCUT2D eigenvalue weighted by Gasteiger charge is 2.18. The molecular weight excluding hydrogens is 307 g/mol. The smallest absolute Gasteiger partial charge is 0.230 e. The summed E-state index contributed by atoms with van der Waals surface area (Å²) in [7, 11) is 0. The van der Waals surface area contributed by atoms with Crippen molar-refractivity contribution in [1.82, 2.24) is 10.3 Å². The third kappa shape index (κ3) is 3.83. The number of hydrogen-bond donors (Lipinski definition) is 1. The van der Waals surface area contributed by atoms with E-state index < -0.39 is 0 Å². The molecule has 1 unspecified atom stereocenters. The fourth-order valence-corrected chi connectivity index (χ4v) is 3.48. The Morgan fingerprint density at radius 2 is 2.19 bits per heavy atom. The zero-order chi connectivity index (χ0) is 15.4. The van der Waals surface area contributed by atoms with Crippen LogP contribution in [0.4, 0.5) is 4.39 Å². The molecule has 0 aliphatic rings. The summed E-state index contributed by atoms with van der Waals surface area (Å²) < 4.78 is 13.8. The highest BCUT2D eigenvalue weighted by molar-refractivity contribution is 7.99. The Hall–Kier alpha value is -1.40. The molecule has 2 aromatic rings. The highest BCUT2D eigenvalue weighted by atomic mass is 32.2. The minimum absolute atomic E-state index is 0.00441. The Bertz CT molecular complexity index is 642. The van der Waals surface area contributed by atoms with Gasteiger partial charge in [-0.25, -0.2) is 9.37 Å². The second-order valence-electron chi connectivity index (χ2n) is 4.67. The van der Waals surface area contributed by atoms with Gasteiger partial charge in [-0.3, -0.25) is 4.79 Å². The largest absolute Gasteiger partial charge is 0.348 e. The zero-order valence-corrected chi connectivity index (χ0v) is 13.8. The van der Waals surface area contributed by atoms with Gasteiger partial charge in [-0.15, -0.1) is 11.3 Å². The van der Waals surface area contributed by atoms with Crippen LogP contribution in [0.15, 0.2) is 24.3 Å². The Morgan fingerprint density at radius 1 is 1.48 bits per heavy atom. The molecule has 1 atom stereocenters. The lowest BCUT2D eigenvalue weighted by atomic mass is 10.2. The van der Waals surface area contributed by atoms with Crippen LogP contribution < -0.4 is 5.32 Å². The van der Waals surface area contributed by atoms with Crippen LogP contribution in [0.1, 0.15) is 23.5 Å². The highest BCUT2D eigenvalue weighted by Crippen LogP contribution is 2.32. The predicted octanol–water partition coefficient (Wildman–Crippen LogP) is 3.80. The molecule has 21 heavy (non-hydrogen) atoms. The molecule has 0 aliphatic carbocycles. The number of nitrogens with zero attached hydrogens (tertiary/aromatic N) is 1. The number of benzene rings is 1. The van der Waals surface area contributed by atoms with E-state index in [4.69, 9.17) is 0 Å². The number of thioether (sulfide) groups is 1. The van der Waals surface area contributed by atoms with Crippen molar-refractivity contribution in [2.24, 2.45) is 0 Å². The van der Waals surface area contributed by atoms with Gasteiger partial charge in [0.1, 0.15) is 10.8 Å². The van der Waals surface area contributed by atoms with Crippen molar-refractivity contribution < 1.29 is 9.18 Å². The van der Waals surface area contributed by atoms with Gasteiger partial charge in [-0.05, 0) is 32.2 Å². The summed E-state index contributed by atoms with van der Waals surface area (Å²) in [4.78, 5) is 17.1. The van der Waals surface area contributed by atoms with Gasteiger partial charge in [0.05, 0.1) is 22.4 Å². The van der Waals surface area contributed by atoms with Gasteiger partial charge >= 0.3 is 0 Å². The van der Waals surface area contributed by atoms with Crippen molar-refractivity contribution in [3.63, 3.8) is 0 Å². The Morgan fingerprint density at radius 3 is 2.86 bits per heavy atom. The van der Waals surface area contributed by atoms with Crippen molar-refractivity contribution in [3.8, 4) is 10.6 Å². The molecule has 3 nitrogen and oxygen atoms in total. The molecule has 0 fully saturated rings. The second-order valence-corrected chi connectivity index (χ2v) is 6.57. The topological polar surface area (TPSA) is 42.0 Å². The van der Waals surface area contributed by atoms with Gasteiger partial charge in [0, 0.05) is 5.56 Å². The quantitative estimate of drug-likeness (QED) is 0.909. The summed E-state index contributed by atoms with van der Waals surface area (Å²) in [6.07, 6.45) is 1.89. The number of hydrogen-bond acceptors (Lipinski definition) is 4. The lowest BCUT2D eigenvalue weighted by Gasteiger charge is -2.12. The molecule has 0 radical (unpaired) electrons. The van der Waals surface area contributed by atoms with E-state index in [1.807, 2.05) is 20.1 Å². The van der Waals surface area contributed by atoms with Crippen molar-refractivity contribution in [3.05, 3.63) is 40.7 Å². The van der Waals surface area contributed by atoms with Gasteiger partial charge in [-0.2, -0.15) is 11.8 Å². The van der Waals surface area contributed by atoms with Crippen LogP contribution in [0.25, 0.3) is 10.6 Å². The van der Waals surface area contributed by atoms with E-state index in [1.165, 1.54) is 29.2 Å². The normalized spacial score (nSPS) is 12.2. The summed E-state index contributed by atoms with van der Waals surface area (Å²) in [5.41, 5.74) is 1.33. The van der Waals surface area contributed by atoms with E-state index in [1.54, 1.807) is 18.2 Å². The minimum Gasteiger partial charge on any atom is -0.348 e. The van der Waals surface area contributed by atoms with E-state index in [-0.39, 0.29) is 17.8 Å². The summed E-state index contributed by atoms with van der Waals surface area (Å²) in [5, 5.41) is 3.58. The van der Waals surface area contributed by atoms with E-state index in [2.05, 4.69) is 10.3 Å². The average molecular weight is 324 g/mol. The lowest BCUT2D eigenvalue weighted by molar-refractivity contribution is -0.119. The zero-order valence-electron chi connectivity index (χ0n) is 12.1. The number of nitrogens with one attached hydrogen (secondary N) is 1. The van der Waals surface area contributed by atoms with Gasteiger partial charge in [-0.1, -0.05) is 12.1 Å². The third-order valence-electron chi connectivity index (χ3n) is 2.98. The molecule has 1 aromatic carbocycles. The van der Waals surface area contributed by atoms with Crippen molar-refractivity contribution in [1.29, 1.82) is 0 Å². The Balaban J connectivity index is 2.23. The number of carbonyl (C=O) groups is 1. The lowest BCUT2D eigenvalue weighted by Crippen LogP contribution is -2.27. The first-order valence-electron chi connectivity index (χ1n) is 6.53. The minimum atomic E-state index is -0.281. The molecule has 0 bridgehead atoms. The predicted molar refractivity (Wildman–Crippen MR) is 87.2 cm³/mol. The van der Waals surface area contributed by atoms with Crippen LogP contribution in [0.5, 0.6) is 0 Å². The number of halogens is 1. The summed E-state index contributed by atoms with van der Waals surface area (Å²) in [6, 6.07) is 6.47. The van der Waals surface area contributed by atoms with Crippen LogP contribution >= 0.6 is 23.1 Å². The molecule has 112 valence electrons. The molecule has 0 saturated carbocycles. The number of rotatable bonds is 5. The Kier molecular flexibility index (Phi) is 5.36. The number of carbonyl (C=O) groups excluding carboxylic acids is 1. The SMILES string of the molecule is CSCC(=O)NC(C)c1sc(-c2ccccc2F)nc1C. The maximum absolute atomic E-state index is 13.8. The first-order chi connectivity index (χ1) is 10.0. The number of amides is 1. The maximum atomic E-state index is 13.8. The average Bonchev–Trinajstić information content (AvgIpc) is 2.81. The first kappa shape index (κ1) is 16.0. The van der Waals surface area contributed by atoms with Crippen LogP contribution in [-0.4, -0.2) is 22.9 Å². The molecule has 1 amide bonds.